The number of rotatable bonds is 6. The summed E-state index contributed by atoms with van der Waals surface area (Å²) in [7, 11) is 1.35. The summed E-state index contributed by atoms with van der Waals surface area (Å²) in [5.74, 6) is -1.25. The van der Waals surface area contributed by atoms with E-state index in [4.69, 9.17) is 9.47 Å². The van der Waals surface area contributed by atoms with Gasteiger partial charge < -0.3 is 9.47 Å². The number of carbonyl (C=O) groups excluding carboxylic acids is 3. The van der Waals surface area contributed by atoms with E-state index in [1.165, 1.54) is 24.5 Å². The van der Waals surface area contributed by atoms with Gasteiger partial charge in [-0.3, -0.25) is 9.59 Å². The molecule has 0 saturated heterocycles. The summed E-state index contributed by atoms with van der Waals surface area (Å²) in [4.78, 5) is 37.4. The minimum absolute atomic E-state index is 0.112. The molecule has 0 N–H and O–H groups in total. The van der Waals surface area contributed by atoms with Crippen LogP contribution >= 0.6 is 11.3 Å². The molecule has 0 spiro atoms. The molecule has 2 rings (SSSR count). The number of hydrogen-bond donors (Lipinski definition) is 0. The standard InChI is InChI=1S/C22H24O5S/c1-14(21(25)26-5)15-6-8-16(9-7-15)20(24)18-12-10-17(28-18)11-13-19(23)27-22(2,3)4/h6-14H,1-5H3/b13-11+. The van der Waals surface area contributed by atoms with Gasteiger partial charge in [0, 0.05) is 16.5 Å². The van der Waals surface area contributed by atoms with Crippen LogP contribution in [0.3, 0.4) is 0 Å². The van der Waals surface area contributed by atoms with Crippen LogP contribution in [0.15, 0.2) is 42.5 Å². The Morgan fingerprint density at radius 3 is 2.25 bits per heavy atom. The Morgan fingerprint density at radius 2 is 1.68 bits per heavy atom. The Kier molecular flexibility index (Phi) is 6.91. The van der Waals surface area contributed by atoms with Crippen molar-refractivity contribution in [3.05, 3.63) is 63.4 Å². The predicted octanol–water partition coefficient (Wildman–Crippen LogP) is 4.61. The molecule has 0 radical (unpaired) electrons. The molecule has 5 nitrogen and oxygen atoms in total. The van der Waals surface area contributed by atoms with E-state index < -0.39 is 11.6 Å². The lowest BCUT2D eigenvalue weighted by atomic mass is 9.99. The molecule has 0 aliphatic carbocycles. The zero-order valence-electron chi connectivity index (χ0n) is 16.6. The summed E-state index contributed by atoms with van der Waals surface area (Å²) in [6.45, 7) is 7.17. The average molecular weight is 400 g/mol. The number of esters is 2. The van der Waals surface area contributed by atoms with Gasteiger partial charge in [-0.25, -0.2) is 4.79 Å². The maximum atomic E-state index is 12.7. The lowest BCUT2D eigenvalue weighted by molar-refractivity contribution is -0.148. The van der Waals surface area contributed by atoms with Crippen molar-refractivity contribution in [2.45, 2.75) is 39.2 Å². The minimum Gasteiger partial charge on any atom is -0.469 e. The molecule has 148 valence electrons. The van der Waals surface area contributed by atoms with Crippen LogP contribution in [0.25, 0.3) is 6.08 Å². The molecular formula is C22H24O5S. The summed E-state index contributed by atoms with van der Waals surface area (Å²) in [5.41, 5.74) is 0.774. The van der Waals surface area contributed by atoms with Gasteiger partial charge >= 0.3 is 11.9 Å². The number of benzene rings is 1. The molecule has 2 aromatic rings. The predicted molar refractivity (Wildman–Crippen MR) is 110 cm³/mol. The number of ether oxygens (including phenoxy) is 2. The maximum absolute atomic E-state index is 12.7. The molecule has 0 amide bonds. The molecule has 6 heteroatoms. The van der Waals surface area contributed by atoms with Crippen molar-refractivity contribution < 1.29 is 23.9 Å². The second kappa shape index (κ2) is 8.97. The summed E-state index contributed by atoms with van der Waals surface area (Å²) >= 11 is 1.30. The van der Waals surface area contributed by atoms with E-state index in [0.717, 1.165) is 10.4 Å². The highest BCUT2D eigenvalue weighted by Crippen LogP contribution is 2.23. The lowest BCUT2D eigenvalue weighted by Gasteiger charge is -2.17. The summed E-state index contributed by atoms with van der Waals surface area (Å²) < 4.78 is 9.96. The second-order valence-corrected chi connectivity index (χ2v) is 8.38. The van der Waals surface area contributed by atoms with Crippen LogP contribution < -0.4 is 0 Å². The van der Waals surface area contributed by atoms with Gasteiger partial charge in [-0.05, 0) is 51.5 Å². The van der Waals surface area contributed by atoms with Crippen molar-refractivity contribution in [2.75, 3.05) is 7.11 Å². The van der Waals surface area contributed by atoms with E-state index in [0.29, 0.717) is 10.4 Å². The second-order valence-electron chi connectivity index (χ2n) is 7.26. The van der Waals surface area contributed by atoms with Crippen LogP contribution in [0, 0.1) is 0 Å². The van der Waals surface area contributed by atoms with Crippen LogP contribution in [0.5, 0.6) is 0 Å². The number of hydrogen-bond acceptors (Lipinski definition) is 6. The molecule has 1 aromatic carbocycles. The van der Waals surface area contributed by atoms with E-state index in [-0.39, 0.29) is 17.7 Å². The fraction of sp³-hybridized carbons (Fsp3) is 0.318. The normalized spacial score (nSPS) is 12.6. The molecule has 0 saturated carbocycles. The average Bonchev–Trinajstić information content (AvgIpc) is 3.12. The van der Waals surface area contributed by atoms with Gasteiger partial charge in [0.15, 0.2) is 0 Å². The van der Waals surface area contributed by atoms with Crippen LogP contribution in [0.4, 0.5) is 0 Å². The van der Waals surface area contributed by atoms with Crippen molar-refractivity contribution >= 4 is 35.1 Å². The Bertz CT molecular complexity index is 884. The van der Waals surface area contributed by atoms with E-state index in [1.807, 2.05) is 0 Å². The highest BCUT2D eigenvalue weighted by Gasteiger charge is 2.17. The maximum Gasteiger partial charge on any atom is 0.331 e. The molecule has 1 heterocycles. The van der Waals surface area contributed by atoms with Crippen LogP contribution in [-0.4, -0.2) is 30.4 Å². The molecule has 0 bridgehead atoms. The number of methoxy groups -OCH3 is 1. The molecule has 0 aliphatic heterocycles. The topological polar surface area (TPSA) is 69.7 Å². The van der Waals surface area contributed by atoms with Crippen molar-refractivity contribution in [3.8, 4) is 0 Å². The smallest absolute Gasteiger partial charge is 0.331 e. The fourth-order valence-corrected chi connectivity index (χ4v) is 3.30. The van der Waals surface area contributed by atoms with Gasteiger partial charge in [0.25, 0.3) is 0 Å². The number of thiophene rings is 1. The van der Waals surface area contributed by atoms with Gasteiger partial charge in [0.2, 0.25) is 5.78 Å². The summed E-state index contributed by atoms with van der Waals surface area (Å²) in [5, 5.41) is 0. The van der Waals surface area contributed by atoms with Crippen LogP contribution in [-0.2, 0) is 19.1 Å². The first-order valence-electron chi connectivity index (χ1n) is 8.84. The van der Waals surface area contributed by atoms with Gasteiger partial charge in [-0.15, -0.1) is 11.3 Å². The first-order chi connectivity index (χ1) is 13.1. The zero-order chi connectivity index (χ0) is 20.9. The van der Waals surface area contributed by atoms with Crippen molar-refractivity contribution in [2.24, 2.45) is 0 Å². The van der Waals surface area contributed by atoms with E-state index >= 15 is 0 Å². The first kappa shape index (κ1) is 21.6. The van der Waals surface area contributed by atoms with Crippen molar-refractivity contribution in [3.63, 3.8) is 0 Å². The highest BCUT2D eigenvalue weighted by atomic mass is 32.1. The SMILES string of the molecule is COC(=O)C(C)c1ccc(C(=O)c2ccc(/C=C/C(=O)OC(C)(C)C)s2)cc1. The Hall–Kier alpha value is -2.73. The van der Waals surface area contributed by atoms with E-state index in [9.17, 15) is 14.4 Å². The van der Waals surface area contributed by atoms with Gasteiger partial charge in [0.05, 0.1) is 17.9 Å². The quantitative estimate of drug-likeness (QED) is 0.402. The molecular weight excluding hydrogens is 376 g/mol. The highest BCUT2D eigenvalue weighted by molar-refractivity contribution is 7.15. The fourth-order valence-electron chi connectivity index (χ4n) is 2.43. The van der Waals surface area contributed by atoms with Gasteiger partial charge in [-0.1, -0.05) is 24.3 Å². The Balaban J connectivity index is 2.08. The Morgan fingerprint density at radius 1 is 1.04 bits per heavy atom. The zero-order valence-corrected chi connectivity index (χ0v) is 17.5. The number of ketones is 1. The summed E-state index contributed by atoms with van der Waals surface area (Å²) in [6, 6.07) is 10.4. The van der Waals surface area contributed by atoms with Crippen LogP contribution in [0.2, 0.25) is 0 Å². The Labute approximate surface area is 169 Å². The van der Waals surface area contributed by atoms with Crippen molar-refractivity contribution in [1.82, 2.24) is 0 Å². The molecule has 1 atom stereocenters. The lowest BCUT2D eigenvalue weighted by Crippen LogP contribution is -2.22. The molecule has 0 aliphatic rings. The largest absolute Gasteiger partial charge is 0.469 e. The van der Waals surface area contributed by atoms with Crippen LogP contribution in [0.1, 0.15) is 59.3 Å². The third-order valence-electron chi connectivity index (χ3n) is 3.87. The molecule has 1 aromatic heterocycles. The third kappa shape index (κ3) is 5.89. The third-order valence-corrected chi connectivity index (χ3v) is 4.92. The summed E-state index contributed by atoms with van der Waals surface area (Å²) in [6.07, 6.45) is 2.99. The minimum atomic E-state index is -0.546. The monoisotopic (exact) mass is 400 g/mol. The molecule has 0 fully saturated rings. The van der Waals surface area contributed by atoms with Gasteiger partial charge in [0.1, 0.15) is 5.60 Å². The first-order valence-corrected chi connectivity index (χ1v) is 9.66. The molecule has 1 unspecified atom stereocenters. The number of carbonyl (C=O) groups is 3. The molecule has 28 heavy (non-hydrogen) atoms. The van der Waals surface area contributed by atoms with E-state index in [1.54, 1.807) is 70.2 Å². The van der Waals surface area contributed by atoms with Crippen molar-refractivity contribution in [1.29, 1.82) is 0 Å². The van der Waals surface area contributed by atoms with E-state index in [2.05, 4.69) is 0 Å². The van der Waals surface area contributed by atoms with Gasteiger partial charge in [-0.2, -0.15) is 0 Å².